The summed E-state index contributed by atoms with van der Waals surface area (Å²) in [5, 5.41) is 7.91. The van der Waals surface area contributed by atoms with Gasteiger partial charge in [-0.25, -0.2) is 0 Å². The number of halogens is 3. The summed E-state index contributed by atoms with van der Waals surface area (Å²) in [5.74, 6) is 0. The maximum Gasteiger partial charge on any atom is 0.396 e. The predicted octanol–water partition coefficient (Wildman–Crippen LogP) is 3.85. The van der Waals surface area contributed by atoms with Crippen molar-refractivity contribution in [3.05, 3.63) is 30.7 Å². The molecule has 23 heavy (non-hydrogen) atoms. The van der Waals surface area contributed by atoms with Gasteiger partial charge in [-0.05, 0) is 43.2 Å². The first-order valence-electron chi connectivity index (χ1n) is 7.79. The molecule has 0 bridgehead atoms. The topological polar surface area (TPSA) is 43.6 Å². The van der Waals surface area contributed by atoms with Crippen molar-refractivity contribution in [2.75, 3.05) is 0 Å². The summed E-state index contributed by atoms with van der Waals surface area (Å²) in [6.07, 6.45) is 4.03. The van der Waals surface area contributed by atoms with E-state index in [-0.39, 0.29) is 24.8 Å². The fraction of sp³-hybridized carbons (Fsp3) is 0.562. The molecule has 2 saturated carbocycles. The highest BCUT2D eigenvalue weighted by atomic mass is 19.4. The standard InChI is InChI=1S/C16H17F3N4/c17-16(18,19)15(9-14(10-15)4-1-5-14)11-23-8-13(21-22-23)12-2-6-20-7-3-12/h2-3,6-8H,1,4-5,9-11H2. The zero-order valence-corrected chi connectivity index (χ0v) is 12.6. The Kier molecular flexibility index (Phi) is 3.05. The van der Waals surface area contributed by atoms with Crippen LogP contribution in [0.3, 0.4) is 0 Å². The molecule has 2 heterocycles. The maximum atomic E-state index is 13.6. The number of hydrogen-bond acceptors (Lipinski definition) is 3. The molecule has 4 rings (SSSR count). The van der Waals surface area contributed by atoms with Crippen LogP contribution in [0.4, 0.5) is 13.2 Å². The summed E-state index contributed by atoms with van der Waals surface area (Å²) in [7, 11) is 0. The van der Waals surface area contributed by atoms with E-state index in [9.17, 15) is 13.2 Å². The molecule has 0 aromatic carbocycles. The smallest absolute Gasteiger partial charge is 0.265 e. The second-order valence-electron chi connectivity index (χ2n) is 7.02. The van der Waals surface area contributed by atoms with Crippen molar-refractivity contribution >= 4 is 0 Å². The number of nitrogens with zero attached hydrogens (tertiary/aromatic N) is 4. The minimum absolute atomic E-state index is 0.0516. The number of hydrogen-bond donors (Lipinski definition) is 0. The van der Waals surface area contributed by atoms with Gasteiger partial charge < -0.3 is 0 Å². The Morgan fingerprint density at radius 3 is 2.39 bits per heavy atom. The summed E-state index contributed by atoms with van der Waals surface area (Å²) in [6.45, 7) is -0.143. The van der Waals surface area contributed by atoms with Crippen molar-refractivity contribution in [3.8, 4) is 11.3 Å². The largest absolute Gasteiger partial charge is 0.396 e. The number of rotatable bonds is 3. The molecule has 4 nitrogen and oxygen atoms in total. The molecule has 2 aromatic rings. The van der Waals surface area contributed by atoms with E-state index in [0.29, 0.717) is 5.69 Å². The third-order valence-corrected chi connectivity index (χ3v) is 5.42. The van der Waals surface area contributed by atoms with Crippen molar-refractivity contribution in [2.45, 2.75) is 44.8 Å². The average Bonchev–Trinajstić information content (AvgIpc) is 2.88. The fourth-order valence-electron chi connectivity index (χ4n) is 4.16. The second-order valence-corrected chi connectivity index (χ2v) is 7.02. The van der Waals surface area contributed by atoms with Gasteiger partial charge in [-0.15, -0.1) is 5.10 Å². The quantitative estimate of drug-likeness (QED) is 0.862. The molecule has 0 saturated heterocycles. The van der Waals surface area contributed by atoms with Gasteiger partial charge in [-0.3, -0.25) is 9.67 Å². The van der Waals surface area contributed by atoms with E-state index in [0.717, 1.165) is 24.8 Å². The van der Waals surface area contributed by atoms with E-state index < -0.39 is 11.6 Å². The van der Waals surface area contributed by atoms with Crippen LogP contribution in [-0.4, -0.2) is 26.2 Å². The van der Waals surface area contributed by atoms with Crippen LogP contribution in [0.15, 0.2) is 30.7 Å². The van der Waals surface area contributed by atoms with Crippen LogP contribution in [0.25, 0.3) is 11.3 Å². The van der Waals surface area contributed by atoms with Gasteiger partial charge in [-0.1, -0.05) is 11.6 Å². The highest BCUT2D eigenvalue weighted by Crippen LogP contribution is 2.69. The summed E-state index contributed by atoms with van der Waals surface area (Å²) in [4.78, 5) is 3.92. The first kappa shape index (κ1) is 14.7. The lowest BCUT2D eigenvalue weighted by Gasteiger charge is -2.61. The van der Waals surface area contributed by atoms with Gasteiger partial charge in [-0.2, -0.15) is 13.2 Å². The van der Waals surface area contributed by atoms with Crippen LogP contribution in [0.2, 0.25) is 0 Å². The van der Waals surface area contributed by atoms with Gasteiger partial charge in [0.25, 0.3) is 0 Å². The highest BCUT2D eigenvalue weighted by molar-refractivity contribution is 5.56. The van der Waals surface area contributed by atoms with E-state index in [1.807, 2.05) is 0 Å². The van der Waals surface area contributed by atoms with Crippen LogP contribution in [0.5, 0.6) is 0 Å². The number of alkyl halides is 3. The Bertz CT molecular complexity index is 696. The van der Waals surface area contributed by atoms with Gasteiger partial charge in [0, 0.05) is 18.0 Å². The van der Waals surface area contributed by atoms with Gasteiger partial charge in [0.2, 0.25) is 0 Å². The van der Waals surface area contributed by atoms with Crippen molar-refractivity contribution < 1.29 is 13.2 Å². The fourth-order valence-corrected chi connectivity index (χ4v) is 4.16. The lowest BCUT2D eigenvalue weighted by Crippen LogP contribution is -2.59. The minimum atomic E-state index is -4.20. The molecule has 2 fully saturated rings. The van der Waals surface area contributed by atoms with Crippen molar-refractivity contribution in [1.82, 2.24) is 20.0 Å². The normalized spacial score (nSPS) is 21.7. The molecular weight excluding hydrogens is 305 g/mol. The van der Waals surface area contributed by atoms with E-state index in [2.05, 4.69) is 15.3 Å². The summed E-state index contributed by atoms with van der Waals surface area (Å²) >= 11 is 0. The monoisotopic (exact) mass is 322 g/mol. The molecule has 0 amide bonds. The molecule has 0 unspecified atom stereocenters. The van der Waals surface area contributed by atoms with E-state index in [4.69, 9.17) is 0 Å². The van der Waals surface area contributed by atoms with Crippen molar-refractivity contribution in [3.63, 3.8) is 0 Å². The zero-order chi connectivity index (χ0) is 16.1. The summed E-state index contributed by atoms with van der Waals surface area (Å²) in [6, 6.07) is 3.53. The van der Waals surface area contributed by atoms with Gasteiger partial charge in [0.1, 0.15) is 5.69 Å². The van der Waals surface area contributed by atoms with Gasteiger partial charge in [0.15, 0.2) is 0 Å². The Morgan fingerprint density at radius 1 is 1.13 bits per heavy atom. The number of aromatic nitrogens is 4. The second kappa shape index (κ2) is 4.79. The van der Waals surface area contributed by atoms with Crippen LogP contribution in [0, 0.1) is 10.8 Å². The Hall–Kier alpha value is -1.92. The molecule has 0 N–H and O–H groups in total. The third kappa shape index (κ3) is 2.33. The molecule has 122 valence electrons. The lowest BCUT2D eigenvalue weighted by atomic mass is 9.45. The first-order valence-corrected chi connectivity index (χ1v) is 7.79. The maximum absolute atomic E-state index is 13.6. The molecule has 0 atom stereocenters. The zero-order valence-electron chi connectivity index (χ0n) is 12.6. The van der Waals surface area contributed by atoms with Gasteiger partial charge in [0.05, 0.1) is 18.2 Å². The molecule has 7 heteroatoms. The van der Waals surface area contributed by atoms with Crippen LogP contribution in [-0.2, 0) is 6.54 Å². The van der Waals surface area contributed by atoms with E-state index >= 15 is 0 Å². The molecule has 2 aliphatic carbocycles. The van der Waals surface area contributed by atoms with Gasteiger partial charge >= 0.3 is 6.18 Å². The number of pyridine rings is 1. The predicted molar refractivity (Wildman–Crippen MR) is 77.3 cm³/mol. The molecule has 2 aliphatic rings. The molecule has 0 radical (unpaired) electrons. The Balaban J connectivity index is 1.55. The van der Waals surface area contributed by atoms with E-state index in [1.54, 1.807) is 30.7 Å². The van der Waals surface area contributed by atoms with Crippen LogP contribution in [0.1, 0.15) is 32.1 Å². The van der Waals surface area contributed by atoms with Crippen LogP contribution < -0.4 is 0 Å². The molecule has 2 aromatic heterocycles. The summed E-state index contributed by atoms with van der Waals surface area (Å²) < 4.78 is 42.2. The SMILES string of the molecule is FC(F)(F)C1(Cn2cc(-c3ccncc3)nn2)CC2(CCC2)C1. The first-order chi connectivity index (χ1) is 10.9. The lowest BCUT2D eigenvalue weighted by molar-refractivity contribution is -0.300. The molecular formula is C16H17F3N4. The third-order valence-electron chi connectivity index (χ3n) is 5.42. The van der Waals surface area contributed by atoms with Crippen molar-refractivity contribution in [2.24, 2.45) is 10.8 Å². The minimum Gasteiger partial charge on any atom is -0.265 e. The van der Waals surface area contributed by atoms with Crippen molar-refractivity contribution in [1.29, 1.82) is 0 Å². The molecule has 0 aliphatic heterocycles. The summed E-state index contributed by atoms with van der Waals surface area (Å²) in [5.41, 5.74) is -0.320. The van der Waals surface area contributed by atoms with Crippen LogP contribution >= 0.6 is 0 Å². The van der Waals surface area contributed by atoms with E-state index in [1.165, 1.54) is 4.68 Å². The molecule has 1 spiro atoms. The Morgan fingerprint density at radius 2 is 1.83 bits per heavy atom. The Labute approximate surface area is 131 Å². The average molecular weight is 322 g/mol. The highest BCUT2D eigenvalue weighted by Gasteiger charge is 2.68.